The molecule has 91 heavy (non-hydrogen) atoms. The highest BCUT2D eigenvalue weighted by atomic mass is 16.7. The van der Waals surface area contributed by atoms with Crippen LogP contribution in [-0.4, -0.2) is 140 Å². The molecule has 0 radical (unpaired) electrons. The molecule has 0 saturated carbocycles. The van der Waals surface area contributed by atoms with Crippen molar-refractivity contribution >= 4 is 5.91 Å². The van der Waals surface area contributed by atoms with Crippen LogP contribution in [0.1, 0.15) is 277 Å². The first-order valence-corrected chi connectivity index (χ1v) is 36.6. The first-order chi connectivity index (χ1) is 44.6. The van der Waals surface area contributed by atoms with Crippen molar-refractivity contribution in [2.24, 2.45) is 0 Å². The van der Waals surface area contributed by atoms with Crippen molar-refractivity contribution in [3.63, 3.8) is 0 Å². The molecule has 14 nitrogen and oxygen atoms in total. The molecule has 0 bridgehead atoms. The van der Waals surface area contributed by atoms with Crippen molar-refractivity contribution in [2.45, 2.75) is 351 Å². The topological polar surface area (TPSA) is 228 Å². The average molecular weight is 1280 g/mol. The molecule has 2 rings (SSSR count). The van der Waals surface area contributed by atoms with E-state index in [-0.39, 0.29) is 18.9 Å². The molecule has 2 aliphatic heterocycles. The highest BCUT2D eigenvalue weighted by Gasteiger charge is 2.51. The van der Waals surface area contributed by atoms with Gasteiger partial charge in [-0.05, 0) is 83.5 Å². The summed E-state index contributed by atoms with van der Waals surface area (Å²) in [5.74, 6) is -0.240. The Morgan fingerprint density at radius 1 is 0.407 bits per heavy atom. The summed E-state index contributed by atoms with van der Waals surface area (Å²) in [5.41, 5.74) is 0. The first-order valence-electron chi connectivity index (χ1n) is 36.6. The quantitative estimate of drug-likeness (QED) is 0.0204. The molecule has 0 spiro atoms. The lowest BCUT2D eigenvalue weighted by Crippen LogP contribution is -2.65. The number of carbonyl (C=O) groups is 1. The molecular formula is C77H133NO13. The number of carbonyl (C=O) groups excluding carboxylic acids is 1. The Labute approximate surface area is 553 Å². The summed E-state index contributed by atoms with van der Waals surface area (Å²) >= 11 is 0. The zero-order chi connectivity index (χ0) is 65.9. The van der Waals surface area contributed by atoms with Crippen molar-refractivity contribution < 1.29 is 64.6 Å². The molecular weight excluding hydrogens is 1150 g/mol. The van der Waals surface area contributed by atoms with Crippen LogP contribution in [-0.2, 0) is 23.7 Å². The number of aliphatic hydroxyl groups is 8. The largest absolute Gasteiger partial charge is 0.394 e. The fourth-order valence-electron chi connectivity index (χ4n) is 11.5. The maximum atomic E-state index is 13.4. The van der Waals surface area contributed by atoms with Gasteiger partial charge in [-0.3, -0.25) is 4.79 Å². The van der Waals surface area contributed by atoms with Crippen molar-refractivity contribution in [2.75, 3.05) is 19.8 Å². The van der Waals surface area contributed by atoms with Gasteiger partial charge in [-0.15, -0.1) is 0 Å². The molecule has 2 heterocycles. The minimum Gasteiger partial charge on any atom is -0.394 e. The monoisotopic (exact) mass is 1280 g/mol. The van der Waals surface area contributed by atoms with Crippen LogP contribution in [0.25, 0.3) is 0 Å². The number of ether oxygens (including phenoxy) is 4. The molecule has 0 aromatic carbocycles. The molecule has 2 aliphatic rings. The molecule has 0 aliphatic carbocycles. The lowest BCUT2D eigenvalue weighted by molar-refractivity contribution is -0.359. The number of nitrogens with one attached hydrogen (secondary N) is 1. The van der Waals surface area contributed by atoms with Gasteiger partial charge in [-0.2, -0.15) is 0 Å². The summed E-state index contributed by atoms with van der Waals surface area (Å²) in [6.07, 6.45) is 69.6. The number of hydrogen-bond acceptors (Lipinski definition) is 13. The fraction of sp³-hybridized carbons (Fsp3) is 0.753. The van der Waals surface area contributed by atoms with Gasteiger partial charge in [0, 0.05) is 6.42 Å². The van der Waals surface area contributed by atoms with Crippen LogP contribution in [0.2, 0.25) is 0 Å². The second-order valence-electron chi connectivity index (χ2n) is 25.3. The third kappa shape index (κ3) is 44.1. The van der Waals surface area contributed by atoms with E-state index in [1.54, 1.807) is 0 Å². The highest BCUT2D eigenvalue weighted by molar-refractivity contribution is 5.76. The Kier molecular flexibility index (Phi) is 55.5. The van der Waals surface area contributed by atoms with Crippen LogP contribution < -0.4 is 5.32 Å². The van der Waals surface area contributed by atoms with Crippen molar-refractivity contribution in [1.29, 1.82) is 0 Å². The van der Waals surface area contributed by atoms with E-state index in [4.69, 9.17) is 18.9 Å². The molecule has 12 atom stereocenters. The van der Waals surface area contributed by atoms with Crippen LogP contribution in [0, 0.1) is 0 Å². The number of unbranched alkanes of at least 4 members (excludes halogenated alkanes) is 28. The van der Waals surface area contributed by atoms with Crippen molar-refractivity contribution in [3.8, 4) is 0 Å². The van der Waals surface area contributed by atoms with Crippen molar-refractivity contribution in [3.05, 3.63) is 109 Å². The lowest BCUT2D eigenvalue weighted by atomic mass is 9.97. The minimum atomic E-state index is -1.79. The van der Waals surface area contributed by atoms with E-state index in [1.165, 1.54) is 141 Å². The van der Waals surface area contributed by atoms with Crippen molar-refractivity contribution in [1.82, 2.24) is 5.32 Å². The molecule has 2 saturated heterocycles. The number of rotatable bonds is 59. The number of aliphatic hydroxyl groups excluding tert-OH is 8. The summed E-state index contributed by atoms with van der Waals surface area (Å²) in [5, 5.41) is 87.7. The van der Waals surface area contributed by atoms with Gasteiger partial charge in [-0.25, -0.2) is 0 Å². The molecule has 12 unspecified atom stereocenters. The van der Waals surface area contributed by atoms with Crippen LogP contribution in [0.15, 0.2) is 109 Å². The average Bonchev–Trinajstić information content (AvgIpc) is 1.25. The number of hydrogen-bond donors (Lipinski definition) is 9. The number of allylic oxidation sites excluding steroid dienone is 18. The third-order valence-electron chi connectivity index (χ3n) is 17.3. The van der Waals surface area contributed by atoms with Gasteiger partial charge in [0.15, 0.2) is 12.6 Å². The third-order valence-corrected chi connectivity index (χ3v) is 17.3. The summed E-state index contributed by atoms with van der Waals surface area (Å²) in [7, 11) is 0. The fourth-order valence-corrected chi connectivity index (χ4v) is 11.5. The van der Waals surface area contributed by atoms with Gasteiger partial charge < -0.3 is 65.1 Å². The predicted molar refractivity (Wildman–Crippen MR) is 373 cm³/mol. The predicted octanol–water partition coefficient (Wildman–Crippen LogP) is 15.5. The van der Waals surface area contributed by atoms with Gasteiger partial charge in [0.05, 0.1) is 32.0 Å². The van der Waals surface area contributed by atoms with Gasteiger partial charge in [-0.1, -0.05) is 297 Å². The summed E-state index contributed by atoms with van der Waals surface area (Å²) in [6, 6.07) is -0.857. The minimum absolute atomic E-state index is 0.240. The highest BCUT2D eigenvalue weighted by Crippen LogP contribution is 2.30. The SMILES string of the molecule is CC/C=C\C/C=C\C/C=C\C/C=C\C/C=C\C/C=C\C/C=C\C/C=C\C/C=C\CCCCCC(=O)NC(COC1OC(CO)C(OC2OC(CO)C(O)C(O)C2O)C(O)C1O)C(O)CCCCCCCCCCCCCCCCCCCCCCCCCCCC. The molecule has 524 valence electrons. The van der Waals surface area contributed by atoms with E-state index in [2.05, 4.69) is 129 Å². The normalized spacial score (nSPS) is 23.5. The second-order valence-corrected chi connectivity index (χ2v) is 25.3. The molecule has 0 aromatic rings. The van der Waals surface area contributed by atoms with Gasteiger partial charge in [0.25, 0.3) is 0 Å². The van der Waals surface area contributed by atoms with Crippen LogP contribution in [0.5, 0.6) is 0 Å². The van der Waals surface area contributed by atoms with Gasteiger partial charge in [0.1, 0.15) is 48.8 Å². The Balaban J connectivity index is 1.69. The molecule has 1 amide bonds. The zero-order valence-electron chi connectivity index (χ0n) is 57.1. The molecule has 2 fully saturated rings. The molecule has 0 aromatic heterocycles. The van der Waals surface area contributed by atoms with Crippen LogP contribution in [0.3, 0.4) is 0 Å². The number of amides is 1. The first kappa shape index (κ1) is 83.7. The summed E-state index contributed by atoms with van der Waals surface area (Å²) in [6.45, 7) is 2.75. The van der Waals surface area contributed by atoms with E-state index in [0.29, 0.717) is 12.8 Å². The van der Waals surface area contributed by atoms with E-state index in [9.17, 15) is 45.6 Å². The van der Waals surface area contributed by atoms with Gasteiger partial charge in [0.2, 0.25) is 5.91 Å². The van der Waals surface area contributed by atoms with E-state index in [0.717, 1.165) is 103 Å². The Morgan fingerprint density at radius 3 is 1.15 bits per heavy atom. The van der Waals surface area contributed by atoms with Crippen LogP contribution in [0.4, 0.5) is 0 Å². The maximum Gasteiger partial charge on any atom is 0.220 e. The summed E-state index contributed by atoms with van der Waals surface area (Å²) < 4.78 is 22.9. The molecule has 9 N–H and O–H groups in total. The van der Waals surface area contributed by atoms with E-state index in [1.807, 2.05) is 0 Å². The van der Waals surface area contributed by atoms with Crippen LogP contribution >= 0.6 is 0 Å². The van der Waals surface area contributed by atoms with E-state index >= 15 is 0 Å². The maximum absolute atomic E-state index is 13.4. The Morgan fingerprint density at radius 2 is 0.758 bits per heavy atom. The smallest absolute Gasteiger partial charge is 0.220 e. The standard InChI is InChI=1S/C77H133NO13/c1-3-5-7-9-11-13-15-17-19-21-23-25-27-29-31-32-33-34-35-37-39-41-43-45-47-49-51-53-55-57-59-61-69(82)78-65(64-88-76-74(87)72(85)75(68(63-80)90-76)91-77-73(86)71(84)70(83)67(62-79)89-77)66(81)60-58-56-54-52-50-48-46-44-42-40-38-36-30-28-26-24-22-20-18-16-14-12-10-8-6-4-2/h5,7,11,13,17,19,23,25,29,31,33-34,37,39,43,45,49,51,65-68,70-77,79-81,83-87H,3-4,6,8-10,12,14-16,18,20-22,24,26-28,30,32,35-36,38,40-42,44,46-48,50,52-64H2,1-2H3,(H,78,82)/b7-5-,13-11-,19-17-,25-23-,31-29-,34-33-,39-37-,45-43-,51-49-. The Hall–Kier alpha value is -3.35. The zero-order valence-corrected chi connectivity index (χ0v) is 57.1. The second kappa shape index (κ2) is 60.3. The lowest BCUT2D eigenvalue weighted by Gasteiger charge is -2.46. The Bertz CT molecular complexity index is 1950. The molecule has 14 heteroatoms. The summed E-state index contributed by atoms with van der Waals surface area (Å²) in [4.78, 5) is 13.4. The van der Waals surface area contributed by atoms with Gasteiger partial charge >= 0.3 is 0 Å². The van der Waals surface area contributed by atoms with E-state index < -0.39 is 86.8 Å².